The van der Waals surface area contributed by atoms with Crippen LogP contribution in [0.4, 0.5) is 4.39 Å². The van der Waals surface area contributed by atoms with Crippen LogP contribution in [-0.2, 0) is 27.8 Å². The van der Waals surface area contributed by atoms with Gasteiger partial charge >= 0.3 is 0 Å². The van der Waals surface area contributed by atoms with Gasteiger partial charge in [-0.25, -0.2) is 23.0 Å². The topological polar surface area (TPSA) is 134 Å². The number of H-pyrrole nitrogens is 1. The number of carbonyl (C=O) groups is 1. The third-order valence-electron chi connectivity index (χ3n) is 6.41. The molecule has 10 nitrogen and oxygen atoms in total. The van der Waals surface area contributed by atoms with Crippen LogP contribution in [0.15, 0.2) is 76.4 Å². The van der Waals surface area contributed by atoms with Crippen molar-refractivity contribution in [3.8, 4) is 11.4 Å². The highest BCUT2D eigenvalue weighted by molar-refractivity contribution is 7.89. The van der Waals surface area contributed by atoms with E-state index in [4.69, 9.17) is 27.9 Å². The highest BCUT2D eigenvalue weighted by atomic mass is 35.5. The van der Waals surface area contributed by atoms with E-state index in [1.807, 2.05) is 0 Å². The van der Waals surface area contributed by atoms with E-state index >= 15 is 0 Å². The first-order valence-corrected chi connectivity index (χ1v) is 14.0. The highest BCUT2D eigenvalue weighted by Gasteiger charge is 2.43. The van der Waals surface area contributed by atoms with Crippen molar-refractivity contribution in [1.29, 1.82) is 0 Å². The molecule has 1 atom stereocenters. The van der Waals surface area contributed by atoms with Crippen LogP contribution < -0.4 is 15.8 Å². The lowest BCUT2D eigenvalue weighted by atomic mass is 10.0. The Morgan fingerprint density at radius 3 is 2.55 bits per heavy atom. The number of nitrogens with one attached hydrogen (secondary N) is 2. The normalized spacial score (nSPS) is 15.4. The smallest absolute Gasteiger partial charge is 0.276 e. The zero-order valence-electron chi connectivity index (χ0n) is 20.5. The first-order chi connectivity index (χ1) is 19.1. The molecule has 1 aliphatic rings. The quantitative estimate of drug-likeness (QED) is 0.215. The van der Waals surface area contributed by atoms with Crippen LogP contribution in [-0.4, -0.2) is 40.2 Å². The molecule has 3 aromatic carbocycles. The summed E-state index contributed by atoms with van der Waals surface area (Å²) in [6, 6.07) is 14.0. The van der Waals surface area contributed by atoms with Crippen molar-refractivity contribution in [1.82, 2.24) is 19.6 Å². The van der Waals surface area contributed by atoms with Crippen LogP contribution in [0.2, 0.25) is 10.0 Å². The summed E-state index contributed by atoms with van der Waals surface area (Å²) in [7, 11) is -4.34. The molecule has 4 aromatic rings. The van der Waals surface area contributed by atoms with Crippen LogP contribution in [0.25, 0.3) is 5.69 Å². The summed E-state index contributed by atoms with van der Waals surface area (Å²) in [5.41, 5.74) is 1.66. The predicted octanol–water partition coefficient (Wildman–Crippen LogP) is 3.98. The van der Waals surface area contributed by atoms with Crippen LogP contribution in [0.1, 0.15) is 22.9 Å². The number of hydrogen-bond acceptors (Lipinski definition) is 6. The van der Waals surface area contributed by atoms with Crippen molar-refractivity contribution in [3.63, 3.8) is 0 Å². The van der Waals surface area contributed by atoms with Crippen molar-refractivity contribution in [2.45, 2.75) is 24.0 Å². The van der Waals surface area contributed by atoms with E-state index in [1.54, 1.807) is 18.2 Å². The third-order valence-corrected chi connectivity index (χ3v) is 8.88. The molecule has 0 radical (unpaired) electrons. The van der Waals surface area contributed by atoms with Gasteiger partial charge in [0.15, 0.2) is 0 Å². The summed E-state index contributed by atoms with van der Waals surface area (Å²) in [6.07, 6.45) is 0.0599. The molecular formula is C26H21Cl2FN4O6S. The second-order valence-corrected chi connectivity index (χ2v) is 11.6. The maximum absolute atomic E-state index is 13.8. The van der Waals surface area contributed by atoms with Crippen molar-refractivity contribution in [2.24, 2.45) is 0 Å². The molecule has 208 valence electrons. The van der Waals surface area contributed by atoms with Crippen LogP contribution in [0, 0.1) is 5.82 Å². The van der Waals surface area contributed by atoms with Crippen LogP contribution in [0.5, 0.6) is 5.75 Å². The van der Waals surface area contributed by atoms with Gasteiger partial charge in [-0.1, -0.05) is 35.3 Å². The van der Waals surface area contributed by atoms with E-state index in [9.17, 15) is 27.6 Å². The molecule has 1 unspecified atom stereocenters. The standard InChI is InChI=1S/C26H21Cl2FN4O6S/c27-16-5-4-15(21(28)12-16)14-39-19-6-8-20(9-7-19)40(37,38)32-11-10-22-23(24(32)25(34)31-36)26(35)33(30-22)18-3-1-2-17(29)13-18/h1-9,12-13,24,30,36H,10-11,14H2,(H,31,34). The molecule has 3 N–H and O–H groups in total. The molecule has 5 rings (SSSR count). The molecule has 0 saturated carbocycles. The maximum Gasteiger partial charge on any atom is 0.276 e. The first kappa shape index (κ1) is 27.9. The van der Waals surface area contributed by atoms with E-state index in [0.29, 0.717) is 27.1 Å². The number of fused-ring (bicyclic) bond motifs is 1. The van der Waals surface area contributed by atoms with Gasteiger partial charge in [-0.3, -0.25) is 19.9 Å². The Morgan fingerprint density at radius 1 is 1.12 bits per heavy atom. The monoisotopic (exact) mass is 606 g/mol. The third kappa shape index (κ3) is 5.23. The van der Waals surface area contributed by atoms with Gasteiger partial charge in [-0.2, -0.15) is 4.31 Å². The number of hydrogen-bond donors (Lipinski definition) is 3. The summed E-state index contributed by atoms with van der Waals surface area (Å²) < 4.78 is 48.7. The zero-order valence-corrected chi connectivity index (χ0v) is 22.8. The summed E-state index contributed by atoms with van der Waals surface area (Å²) >= 11 is 12.1. The number of aromatic amines is 1. The fraction of sp³-hybridized carbons (Fsp3) is 0.154. The number of amides is 1. The molecule has 1 aliphatic heterocycles. The molecule has 40 heavy (non-hydrogen) atoms. The van der Waals surface area contributed by atoms with Crippen LogP contribution in [0.3, 0.4) is 0 Å². The molecule has 14 heteroatoms. The van der Waals surface area contributed by atoms with Gasteiger partial charge in [0.05, 0.1) is 16.1 Å². The van der Waals surface area contributed by atoms with Gasteiger partial charge in [-0.05, 0) is 54.6 Å². The van der Waals surface area contributed by atoms with Gasteiger partial charge in [0.2, 0.25) is 10.0 Å². The maximum atomic E-state index is 13.8. The number of carbonyl (C=O) groups excluding carboxylic acids is 1. The lowest BCUT2D eigenvalue weighted by molar-refractivity contribution is -0.133. The number of hydroxylamine groups is 1. The van der Waals surface area contributed by atoms with E-state index in [0.717, 1.165) is 15.1 Å². The average molecular weight is 607 g/mol. The van der Waals surface area contributed by atoms with Gasteiger partial charge in [0, 0.05) is 34.3 Å². The number of nitrogens with zero attached hydrogens (tertiary/aromatic N) is 2. The molecule has 0 spiro atoms. The minimum atomic E-state index is -4.34. The largest absolute Gasteiger partial charge is 0.489 e. The lowest BCUT2D eigenvalue weighted by Crippen LogP contribution is -2.48. The van der Waals surface area contributed by atoms with E-state index in [2.05, 4.69) is 5.10 Å². The summed E-state index contributed by atoms with van der Waals surface area (Å²) in [5, 5.41) is 13.2. The lowest BCUT2D eigenvalue weighted by Gasteiger charge is -2.32. The summed E-state index contributed by atoms with van der Waals surface area (Å²) in [5.74, 6) is -1.35. The van der Waals surface area contributed by atoms with Crippen molar-refractivity contribution in [3.05, 3.63) is 110 Å². The zero-order chi connectivity index (χ0) is 28.6. The molecule has 1 amide bonds. The Kier molecular flexibility index (Phi) is 7.71. The number of ether oxygens (including phenoxy) is 1. The Balaban J connectivity index is 1.44. The molecular weight excluding hydrogens is 586 g/mol. The predicted molar refractivity (Wildman–Crippen MR) is 144 cm³/mol. The minimum Gasteiger partial charge on any atom is -0.489 e. The second-order valence-electron chi connectivity index (χ2n) is 8.86. The van der Waals surface area contributed by atoms with Gasteiger partial charge in [0.1, 0.15) is 24.2 Å². The van der Waals surface area contributed by atoms with Gasteiger partial charge in [0.25, 0.3) is 11.5 Å². The van der Waals surface area contributed by atoms with Crippen molar-refractivity contribution in [2.75, 3.05) is 6.54 Å². The number of sulfonamides is 1. The first-order valence-electron chi connectivity index (χ1n) is 11.8. The van der Waals surface area contributed by atoms with Crippen LogP contribution >= 0.6 is 23.2 Å². The minimum absolute atomic E-state index is 0.0599. The van der Waals surface area contributed by atoms with Gasteiger partial charge in [-0.15, -0.1) is 0 Å². The fourth-order valence-corrected chi connectivity index (χ4v) is 6.51. The molecule has 0 bridgehead atoms. The summed E-state index contributed by atoms with van der Waals surface area (Å²) in [4.78, 5) is 25.9. The van der Waals surface area contributed by atoms with E-state index in [1.165, 1.54) is 47.9 Å². The average Bonchev–Trinajstić information content (AvgIpc) is 3.28. The number of halogens is 3. The molecule has 1 aromatic heterocycles. The Hall–Kier alpha value is -3.68. The van der Waals surface area contributed by atoms with Gasteiger partial charge < -0.3 is 4.74 Å². The highest BCUT2D eigenvalue weighted by Crippen LogP contribution is 2.33. The SMILES string of the molecule is O=C(NO)C1c2c([nH]n(-c3cccc(F)c3)c2=O)CCN1S(=O)(=O)c1ccc(OCc2ccc(Cl)cc2Cl)cc1. The molecule has 0 fully saturated rings. The van der Waals surface area contributed by atoms with E-state index < -0.39 is 33.3 Å². The Morgan fingerprint density at radius 2 is 1.88 bits per heavy atom. The van der Waals surface area contributed by atoms with E-state index in [-0.39, 0.29) is 35.7 Å². The van der Waals surface area contributed by atoms with Crippen molar-refractivity contribution >= 4 is 39.1 Å². The molecule has 0 aliphatic carbocycles. The molecule has 0 saturated heterocycles. The summed E-state index contributed by atoms with van der Waals surface area (Å²) in [6.45, 7) is -0.0648. The second kappa shape index (κ2) is 11.1. The van der Waals surface area contributed by atoms with Crippen molar-refractivity contribution < 1.29 is 27.5 Å². The fourth-order valence-electron chi connectivity index (χ4n) is 4.49. The Bertz CT molecular complexity index is 1760. The number of benzene rings is 3. The number of aromatic nitrogens is 2. The number of rotatable bonds is 7. The molecule has 2 heterocycles. The Labute approximate surface area is 237 Å².